The van der Waals surface area contributed by atoms with Crippen LogP contribution >= 0.6 is 27.7 Å². The third kappa shape index (κ3) is 6.12. The summed E-state index contributed by atoms with van der Waals surface area (Å²) in [4.78, 5) is 37.9. The number of benzene rings is 4. The van der Waals surface area contributed by atoms with Gasteiger partial charge in [0.25, 0.3) is 5.24 Å². The fraction of sp³-hybridized carbons (Fsp3) is 0.167. The molecule has 5 nitrogen and oxygen atoms in total. The average molecular weight is 574 g/mol. The Morgan fingerprint density at radius 3 is 2.35 bits per heavy atom. The number of nitrogens with one attached hydrogen (secondary N) is 1. The van der Waals surface area contributed by atoms with E-state index in [1.165, 1.54) is 0 Å². The van der Waals surface area contributed by atoms with Crippen molar-refractivity contribution in [2.75, 3.05) is 7.05 Å². The van der Waals surface area contributed by atoms with Gasteiger partial charge in [0.1, 0.15) is 0 Å². The zero-order valence-corrected chi connectivity index (χ0v) is 22.6. The summed E-state index contributed by atoms with van der Waals surface area (Å²) >= 11 is 4.55. The van der Waals surface area contributed by atoms with Crippen molar-refractivity contribution >= 4 is 55.5 Å². The predicted molar refractivity (Wildman–Crippen MR) is 152 cm³/mol. The second kappa shape index (κ2) is 10.9. The van der Waals surface area contributed by atoms with Crippen LogP contribution in [0.15, 0.2) is 89.4 Å². The molecule has 1 aliphatic rings. The first-order chi connectivity index (χ1) is 17.8. The summed E-state index contributed by atoms with van der Waals surface area (Å²) in [6.45, 7) is 0.521. The van der Waals surface area contributed by atoms with Gasteiger partial charge >= 0.3 is 0 Å². The molecule has 0 aliphatic carbocycles. The summed E-state index contributed by atoms with van der Waals surface area (Å²) in [5, 5.41) is 3.94. The monoisotopic (exact) mass is 572 g/mol. The Morgan fingerprint density at radius 1 is 0.865 bits per heavy atom. The van der Waals surface area contributed by atoms with Crippen LogP contribution in [0.4, 0.5) is 4.79 Å². The smallest absolute Gasteiger partial charge is 0.286 e. The second-order valence-electron chi connectivity index (χ2n) is 9.24. The van der Waals surface area contributed by atoms with Crippen LogP contribution in [-0.2, 0) is 29.0 Å². The molecule has 4 aromatic rings. The van der Waals surface area contributed by atoms with Crippen LogP contribution in [0.25, 0.3) is 21.9 Å². The topological polar surface area (TPSA) is 66.5 Å². The Morgan fingerprint density at radius 2 is 1.59 bits per heavy atom. The molecule has 4 aromatic carbocycles. The molecular weight excluding hydrogens is 548 g/mol. The Labute approximate surface area is 228 Å². The number of rotatable bonds is 7. The zero-order valence-electron chi connectivity index (χ0n) is 20.2. The number of likely N-dealkylation sites (N-methyl/N-ethyl adjacent to an activating group) is 1. The van der Waals surface area contributed by atoms with Gasteiger partial charge in [0.05, 0.1) is 11.7 Å². The summed E-state index contributed by atoms with van der Waals surface area (Å²) in [6.07, 6.45) is 0.872. The molecule has 0 radical (unpaired) electrons. The van der Waals surface area contributed by atoms with E-state index in [0.717, 1.165) is 54.8 Å². The molecule has 1 saturated heterocycles. The number of amides is 3. The van der Waals surface area contributed by atoms with Gasteiger partial charge in [-0.1, -0.05) is 94.4 Å². The van der Waals surface area contributed by atoms with Crippen molar-refractivity contribution in [3.05, 3.63) is 106 Å². The van der Waals surface area contributed by atoms with E-state index in [2.05, 4.69) is 51.6 Å². The van der Waals surface area contributed by atoms with Crippen molar-refractivity contribution in [1.29, 1.82) is 0 Å². The Kier molecular flexibility index (Phi) is 7.44. The normalized spacial score (nSPS) is 15.1. The van der Waals surface area contributed by atoms with E-state index < -0.39 is 0 Å². The minimum atomic E-state index is -0.369. The predicted octanol–water partition coefficient (Wildman–Crippen LogP) is 6.36. The molecule has 1 fully saturated rings. The lowest BCUT2D eigenvalue weighted by atomic mass is 10.00. The van der Waals surface area contributed by atoms with Gasteiger partial charge in [-0.05, 0) is 63.2 Å². The molecule has 0 spiro atoms. The number of imide groups is 1. The molecule has 186 valence electrons. The molecule has 1 unspecified atom stereocenters. The van der Waals surface area contributed by atoms with Crippen LogP contribution in [0.5, 0.6) is 0 Å². The van der Waals surface area contributed by atoms with Crippen LogP contribution in [0.3, 0.4) is 0 Å². The highest BCUT2D eigenvalue weighted by Crippen LogP contribution is 2.26. The third-order valence-electron chi connectivity index (χ3n) is 6.47. The lowest BCUT2D eigenvalue weighted by Crippen LogP contribution is -2.27. The van der Waals surface area contributed by atoms with Crippen molar-refractivity contribution in [1.82, 2.24) is 10.2 Å². The molecule has 0 bridgehead atoms. The van der Waals surface area contributed by atoms with E-state index in [4.69, 9.17) is 0 Å². The number of carbonyl (C=O) groups excluding carboxylic acids is 3. The summed E-state index contributed by atoms with van der Waals surface area (Å²) in [5.41, 5.74) is 5.18. The zero-order chi connectivity index (χ0) is 25.9. The van der Waals surface area contributed by atoms with E-state index in [1.807, 2.05) is 61.6 Å². The maximum absolute atomic E-state index is 13.0. The largest absolute Gasteiger partial charge is 0.341 e. The van der Waals surface area contributed by atoms with Crippen LogP contribution in [-0.4, -0.2) is 34.3 Å². The average Bonchev–Trinajstić information content (AvgIpc) is 3.20. The van der Waals surface area contributed by atoms with Crippen molar-refractivity contribution in [3.8, 4) is 11.1 Å². The van der Waals surface area contributed by atoms with E-state index in [1.54, 1.807) is 4.90 Å². The molecule has 1 atom stereocenters. The second-order valence-corrected chi connectivity index (χ2v) is 11.3. The standard InChI is InChI=1S/C30H25BrN2O3S/c1-33(28(34)16-20-7-10-25-17-26(31)12-11-24(25)13-20)18-21-3-2-4-23(14-21)22-8-5-19(6-9-22)15-27-29(35)32-30(36)37-27/h2-14,17,27H,15-16,18H2,1H3,(H,32,35,36). The van der Waals surface area contributed by atoms with Gasteiger partial charge in [0.15, 0.2) is 0 Å². The van der Waals surface area contributed by atoms with Gasteiger partial charge in [-0.2, -0.15) is 0 Å². The fourth-order valence-electron chi connectivity index (χ4n) is 4.47. The Hall–Kier alpha value is -3.42. The molecular formula is C30H25BrN2O3S. The van der Waals surface area contributed by atoms with Crippen molar-refractivity contribution < 1.29 is 14.4 Å². The van der Waals surface area contributed by atoms with Crippen LogP contribution in [0.1, 0.15) is 16.7 Å². The molecule has 3 amide bonds. The van der Waals surface area contributed by atoms with Gasteiger partial charge in [-0.3, -0.25) is 19.7 Å². The Bertz CT molecular complexity index is 1500. The number of fused-ring (bicyclic) bond motifs is 1. The third-order valence-corrected chi connectivity index (χ3v) is 7.94. The van der Waals surface area contributed by atoms with E-state index in [0.29, 0.717) is 19.4 Å². The number of carbonyl (C=O) groups is 3. The lowest BCUT2D eigenvalue weighted by Gasteiger charge is -2.18. The van der Waals surface area contributed by atoms with E-state index in [-0.39, 0.29) is 22.3 Å². The molecule has 0 aromatic heterocycles. The maximum atomic E-state index is 13.0. The van der Waals surface area contributed by atoms with E-state index in [9.17, 15) is 14.4 Å². The van der Waals surface area contributed by atoms with Crippen LogP contribution in [0.2, 0.25) is 0 Å². The molecule has 1 aliphatic heterocycles. The quantitative estimate of drug-likeness (QED) is 0.279. The summed E-state index contributed by atoms with van der Waals surface area (Å²) in [6, 6.07) is 28.5. The maximum Gasteiger partial charge on any atom is 0.286 e. The number of hydrogen-bond acceptors (Lipinski definition) is 4. The molecule has 0 saturated carbocycles. The van der Waals surface area contributed by atoms with Gasteiger partial charge in [0.2, 0.25) is 11.8 Å². The summed E-state index contributed by atoms with van der Waals surface area (Å²) in [7, 11) is 1.84. The first-order valence-electron chi connectivity index (χ1n) is 12.0. The minimum Gasteiger partial charge on any atom is -0.341 e. The van der Waals surface area contributed by atoms with Gasteiger partial charge in [-0.15, -0.1) is 0 Å². The van der Waals surface area contributed by atoms with Crippen LogP contribution in [0, 0.1) is 0 Å². The van der Waals surface area contributed by atoms with E-state index >= 15 is 0 Å². The van der Waals surface area contributed by atoms with Crippen LogP contribution < -0.4 is 5.32 Å². The first kappa shape index (κ1) is 25.2. The molecule has 37 heavy (non-hydrogen) atoms. The summed E-state index contributed by atoms with van der Waals surface area (Å²) in [5.74, 6) is -0.155. The highest BCUT2D eigenvalue weighted by molar-refractivity contribution is 9.10. The molecule has 1 heterocycles. The minimum absolute atomic E-state index is 0.0681. The number of hydrogen-bond donors (Lipinski definition) is 1. The number of halogens is 1. The molecule has 5 rings (SSSR count). The highest BCUT2D eigenvalue weighted by Gasteiger charge is 2.31. The lowest BCUT2D eigenvalue weighted by molar-refractivity contribution is -0.129. The number of thioether (sulfide) groups is 1. The number of nitrogens with zero attached hydrogens (tertiary/aromatic N) is 1. The van der Waals surface area contributed by atoms with Crippen molar-refractivity contribution in [3.63, 3.8) is 0 Å². The SMILES string of the molecule is CN(Cc1cccc(-c2ccc(CC3SC(=O)NC3=O)cc2)c1)C(=O)Cc1ccc2cc(Br)ccc2c1. The molecule has 7 heteroatoms. The van der Waals surface area contributed by atoms with Crippen molar-refractivity contribution in [2.45, 2.75) is 24.6 Å². The molecule has 1 N–H and O–H groups in total. The van der Waals surface area contributed by atoms with Gasteiger partial charge in [-0.25, -0.2) is 0 Å². The first-order valence-corrected chi connectivity index (χ1v) is 13.6. The highest BCUT2D eigenvalue weighted by atomic mass is 79.9. The van der Waals surface area contributed by atoms with Crippen molar-refractivity contribution in [2.24, 2.45) is 0 Å². The summed E-state index contributed by atoms with van der Waals surface area (Å²) < 4.78 is 1.04. The van der Waals surface area contributed by atoms with Gasteiger partial charge in [0, 0.05) is 18.1 Å². The Balaban J connectivity index is 1.22. The fourth-order valence-corrected chi connectivity index (χ4v) is 5.71. The van der Waals surface area contributed by atoms with Gasteiger partial charge < -0.3 is 4.90 Å².